The number of unbranched alkanes of at least 4 members (excludes halogenated alkanes) is 1. The number of hydrogen-bond acceptors (Lipinski definition) is 0. The van der Waals surface area contributed by atoms with Gasteiger partial charge >= 0.3 is 0 Å². The van der Waals surface area contributed by atoms with E-state index in [0.717, 1.165) is 0 Å². The van der Waals surface area contributed by atoms with Gasteiger partial charge in [0.05, 0.1) is 0 Å². The van der Waals surface area contributed by atoms with Crippen LogP contribution in [-0.4, -0.2) is 0 Å². The van der Waals surface area contributed by atoms with Crippen LogP contribution in [0.5, 0.6) is 0 Å². The molecule has 0 aliphatic rings. The average Bonchev–Trinajstić information content (AvgIpc) is 2.01. The Bertz CT molecular complexity index is 74.0. The van der Waals surface area contributed by atoms with Gasteiger partial charge in [0.25, 0.3) is 0 Å². The first-order chi connectivity index (χ1) is 4.83. The summed E-state index contributed by atoms with van der Waals surface area (Å²) in [5.41, 5.74) is 0. The molecule has 0 rings (SSSR count). The summed E-state index contributed by atoms with van der Waals surface area (Å²) < 4.78 is 0. The van der Waals surface area contributed by atoms with Crippen LogP contribution in [0.3, 0.4) is 0 Å². The van der Waals surface area contributed by atoms with Crippen molar-refractivity contribution < 1.29 is 0 Å². The molecular formula is C10H20. The van der Waals surface area contributed by atoms with Crippen LogP contribution in [-0.2, 0) is 0 Å². The molecular weight excluding hydrogens is 120 g/mol. The monoisotopic (exact) mass is 140 g/mol. The first-order valence-corrected chi connectivity index (χ1v) is 4.01. The lowest BCUT2D eigenvalue weighted by Crippen LogP contribution is -1.55. The zero-order valence-corrected chi connectivity index (χ0v) is 7.72. The minimum Gasteiger partial charge on any atom is -0.0919 e. The van der Waals surface area contributed by atoms with E-state index in [4.69, 9.17) is 0 Å². The molecule has 0 nitrogen and oxygen atoms in total. The van der Waals surface area contributed by atoms with Gasteiger partial charge in [0.15, 0.2) is 0 Å². The van der Waals surface area contributed by atoms with Gasteiger partial charge in [-0.3, -0.25) is 0 Å². The van der Waals surface area contributed by atoms with Crippen molar-refractivity contribution in [2.75, 3.05) is 0 Å². The summed E-state index contributed by atoms with van der Waals surface area (Å²) >= 11 is 0. The molecule has 0 aromatic heterocycles. The van der Waals surface area contributed by atoms with E-state index < -0.39 is 0 Å². The van der Waals surface area contributed by atoms with E-state index in [1.807, 2.05) is 26.0 Å². The van der Waals surface area contributed by atoms with E-state index in [1.54, 1.807) is 0 Å². The summed E-state index contributed by atoms with van der Waals surface area (Å²) in [6.07, 6.45) is 10.8. The second-order valence-electron chi connectivity index (χ2n) is 2.02. The fraction of sp³-hybridized carbons (Fsp3) is 0.600. The molecule has 0 aromatic carbocycles. The Hall–Kier alpha value is -0.520. The summed E-state index contributed by atoms with van der Waals surface area (Å²) in [6.45, 7) is 8.23. The van der Waals surface area contributed by atoms with Crippen molar-refractivity contribution in [2.24, 2.45) is 0 Å². The third-order valence-electron chi connectivity index (χ3n) is 1.02. The van der Waals surface area contributed by atoms with Crippen LogP contribution < -0.4 is 0 Å². The molecule has 0 aliphatic heterocycles. The Morgan fingerprint density at radius 2 is 1.40 bits per heavy atom. The summed E-state index contributed by atoms with van der Waals surface area (Å²) in [6, 6.07) is 0. The lowest BCUT2D eigenvalue weighted by molar-refractivity contribution is 0.957. The van der Waals surface area contributed by atoms with Crippen molar-refractivity contribution >= 4 is 0 Å². The molecule has 0 fully saturated rings. The van der Waals surface area contributed by atoms with Crippen molar-refractivity contribution in [1.82, 2.24) is 0 Å². The van der Waals surface area contributed by atoms with Gasteiger partial charge in [-0.15, -0.1) is 0 Å². The maximum absolute atomic E-state index is 2.18. The van der Waals surface area contributed by atoms with Crippen molar-refractivity contribution in [2.45, 2.75) is 40.5 Å². The Morgan fingerprint density at radius 3 is 1.50 bits per heavy atom. The molecule has 0 bridgehead atoms. The van der Waals surface area contributed by atoms with E-state index in [-0.39, 0.29) is 0 Å². The molecule has 0 unspecified atom stereocenters. The molecule has 0 saturated heterocycles. The summed E-state index contributed by atoms with van der Waals surface area (Å²) in [5.74, 6) is 0. The molecule has 0 atom stereocenters. The smallest absolute Gasteiger partial charge is 0.0353 e. The van der Waals surface area contributed by atoms with Gasteiger partial charge in [0.1, 0.15) is 0 Å². The van der Waals surface area contributed by atoms with Crippen molar-refractivity contribution in [1.29, 1.82) is 0 Å². The summed E-state index contributed by atoms with van der Waals surface area (Å²) in [5, 5.41) is 0. The summed E-state index contributed by atoms with van der Waals surface area (Å²) in [7, 11) is 0. The lowest BCUT2D eigenvalue weighted by atomic mass is 10.3. The van der Waals surface area contributed by atoms with E-state index in [0.29, 0.717) is 0 Å². The first-order valence-electron chi connectivity index (χ1n) is 4.01. The lowest BCUT2D eigenvalue weighted by Gasteiger charge is -1.76. The Kier molecular flexibility index (Phi) is 19.3. The third kappa shape index (κ3) is 25.9. The Labute approximate surface area is 65.7 Å². The zero-order chi connectivity index (χ0) is 8.24. The van der Waals surface area contributed by atoms with Crippen molar-refractivity contribution in [3.05, 3.63) is 24.3 Å². The molecule has 0 radical (unpaired) electrons. The predicted octanol–water partition coefficient (Wildman–Crippen LogP) is 3.95. The molecule has 0 aromatic rings. The van der Waals surface area contributed by atoms with E-state index in [1.165, 1.54) is 12.8 Å². The maximum Gasteiger partial charge on any atom is -0.0353 e. The van der Waals surface area contributed by atoms with Gasteiger partial charge in [-0.25, -0.2) is 0 Å². The van der Waals surface area contributed by atoms with Crippen LogP contribution in [0.2, 0.25) is 0 Å². The molecule has 0 saturated carbocycles. The van der Waals surface area contributed by atoms with Gasteiger partial charge in [-0.05, 0) is 27.2 Å². The number of allylic oxidation sites excluding steroid dienone is 4. The highest BCUT2D eigenvalue weighted by molar-refractivity contribution is 4.75. The zero-order valence-electron chi connectivity index (χ0n) is 7.72. The molecule has 0 heteroatoms. The Balaban J connectivity index is 0. The van der Waals surface area contributed by atoms with Gasteiger partial charge in [0, 0.05) is 0 Å². The number of hydrogen-bond donors (Lipinski definition) is 0. The van der Waals surface area contributed by atoms with E-state index in [9.17, 15) is 0 Å². The minimum atomic E-state index is 1.23. The Morgan fingerprint density at radius 1 is 0.900 bits per heavy atom. The van der Waals surface area contributed by atoms with Crippen LogP contribution in [0.1, 0.15) is 40.5 Å². The normalized spacial score (nSPS) is 10.0. The quantitative estimate of drug-likeness (QED) is 0.509. The second kappa shape index (κ2) is 15.8. The molecule has 0 amide bonds. The standard InChI is InChI=1S/C6H12.C4H8/c1-3-5-6-4-2;1-3-4-2/h3,5H,4,6H2,1-2H3;3-4H,1-2H3/b5-3+;. The van der Waals surface area contributed by atoms with Crippen LogP contribution in [0.4, 0.5) is 0 Å². The average molecular weight is 140 g/mol. The fourth-order valence-corrected chi connectivity index (χ4v) is 0.333. The SMILES string of the molecule is C/C=C/CCC.CC=CC. The highest BCUT2D eigenvalue weighted by Crippen LogP contribution is 1.85. The van der Waals surface area contributed by atoms with Crippen molar-refractivity contribution in [3.8, 4) is 0 Å². The largest absolute Gasteiger partial charge is 0.0919 e. The van der Waals surface area contributed by atoms with Crippen molar-refractivity contribution in [3.63, 3.8) is 0 Å². The molecule has 10 heavy (non-hydrogen) atoms. The fourth-order valence-electron chi connectivity index (χ4n) is 0.333. The topological polar surface area (TPSA) is 0 Å². The summed E-state index contributed by atoms with van der Waals surface area (Å²) in [4.78, 5) is 0. The van der Waals surface area contributed by atoms with Gasteiger partial charge in [-0.2, -0.15) is 0 Å². The van der Waals surface area contributed by atoms with Gasteiger partial charge in [0.2, 0.25) is 0 Å². The highest BCUT2D eigenvalue weighted by Gasteiger charge is 1.64. The van der Waals surface area contributed by atoms with Crippen LogP contribution in [0, 0.1) is 0 Å². The van der Waals surface area contributed by atoms with Crippen LogP contribution in [0.15, 0.2) is 24.3 Å². The molecule has 60 valence electrons. The minimum absolute atomic E-state index is 1.23. The molecule has 0 heterocycles. The van der Waals surface area contributed by atoms with Gasteiger partial charge < -0.3 is 0 Å². The highest BCUT2D eigenvalue weighted by atomic mass is 13.7. The van der Waals surface area contributed by atoms with Crippen LogP contribution in [0.25, 0.3) is 0 Å². The van der Waals surface area contributed by atoms with E-state index >= 15 is 0 Å². The molecule has 0 aliphatic carbocycles. The first kappa shape index (κ1) is 12.2. The maximum atomic E-state index is 2.18. The molecule has 0 N–H and O–H groups in total. The third-order valence-corrected chi connectivity index (χ3v) is 1.02. The predicted molar refractivity (Wildman–Crippen MR) is 50.2 cm³/mol. The number of rotatable bonds is 2. The van der Waals surface area contributed by atoms with Crippen LogP contribution >= 0.6 is 0 Å². The van der Waals surface area contributed by atoms with E-state index in [2.05, 4.69) is 26.0 Å². The van der Waals surface area contributed by atoms with Gasteiger partial charge in [-0.1, -0.05) is 37.6 Å². The second-order valence-corrected chi connectivity index (χ2v) is 2.02. The molecule has 0 spiro atoms.